The molecule has 0 bridgehead atoms. The van der Waals surface area contributed by atoms with Crippen LogP contribution in [0.25, 0.3) is 0 Å². The molecular weight excluding hydrogens is 286 g/mol. The van der Waals surface area contributed by atoms with Crippen LogP contribution in [-0.2, 0) is 9.59 Å². The summed E-state index contributed by atoms with van der Waals surface area (Å²) in [5.74, 6) is -0.310. The van der Waals surface area contributed by atoms with Crippen molar-refractivity contribution >= 4 is 12.3 Å². The van der Waals surface area contributed by atoms with Crippen molar-refractivity contribution in [2.75, 3.05) is 45.9 Å². The molecule has 1 aliphatic heterocycles. The van der Waals surface area contributed by atoms with Crippen LogP contribution in [0.1, 0.15) is 32.6 Å². The molecule has 2 amide bonds. The Morgan fingerprint density at radius 1 is 1.27 bits per heavy atom. The van der Waals surface area contributed by atoms with Crippen molar-refractivity contribution in [3.63, 3.8) is 0 Å². The second-order valence-electron chi connectivity index (χ2n) is 5.81. The largest absolute Gasteiger partial charge is 0.396 e. The maximum atomic E-state index is 12.6. The van der Waals surface area contributed by atoms with Gasteiger partial charge in [-0.25, -0.2) is 5.06 Å². The zero-order valence-electron chi connectivity index (χ0n) is 13.5. The molecule has 1 saturated heterocycles. The molecule has 2 N–H and O–H groups in total. The first-order chi connectivity index (χ1) is 10.6. The number of piperazine rings is 1. The van der Waals surface area contributed by atoms with E-state index in [1.165, 1.54) is 0 Å². The predicted octanol–water partition coefficient (Wildman–Crippen LogP) is 0.167. The number of aliphatic hydroxyl groups is 1. The average molecular weight is 315 g/mol. The van der Waals surface area contributed by atoms with E-state index in [4.69, 9.17) is 5.11 Å². The highest BCUT2D eigenvalue weighted by atomic mass is 16.5. The van der Waals surface area contributed by atoms with Crippen LogP contribution in [0.4, 0.5) is 0 Å². The number of nitrogens with zero attached hydrogens (tertiary/aromatic N) is 3. The Hall–Kier alpha value is -1.18. The number of amides is 2. The van der Waals surface area contributed by atoms with E-state index in [-0.39, 0.29) is 25.0 Å². The van der Waals surface area contributed by atoms with Gasteiger partial charge in [0, 0.05) is 39.3 Å². The zero-order chi connectivity index (χ0) is 16.4. The molecule has 1 aliphatic rings. The maximum Gasteiger partial charge on any atom is 0.233 e. The number of unbranched alkanes of at least 4 members (excludes halogenated alkanes) is 1. The molecule has 0 aromatic heterocycles. The number of carbonyl (C=O) groups is 2. The minimum Gasteiger partial charge on any atom is -0.396 e. The molecule has 1 fully saturated rings. The van der Waals surface area contributed by atoms with Crippen LogP contribution in [0.5, 0.6) is 0 Å². The van der Waals surface area contributed by atoms with Gasteiger partial charge in [-0.3, -0.25) is 19.7 Å². The maximum absolute atomic E-state index is 12.6. The van der Waals surface area contributed by atoms with Gasteiger partial charge in [0.1, 0.15) is 0 Å². The molecule has 0 aromatic rings. The van der Waals surface area contributed by atoms with Crippen LogP contribution in [-0.4, -0.2) is 83.4 Å². The quantitative estimate of drug-likeness (QED) is 0.341. The van der Waals surface area contributed by atoms with Crippen LogP contribution in [0, 0.1) is 5.92 Å². The first-order valence-corrected chi connectivity index (χ1v) is 8.15. The fraction of sp³-hybridized carbons (Fsp3) is 0.867. The number of hydrogen-bond donors (Lipinski definition) is 2. The van der Waals surface area contributed by atoms with E-state index in [1.807, 2.05) is 4.90 Å². The van der Waals surface area contributed by atoms with Gasteiger partial charge in [0.15, 0.2) is 0 Å². The highest BCUT2D eigenvalue weighted by Gasteiger charge is 2.28. The molecule has 1 atom stereocenters. The topological polar surface area (TPSA) is 84.3 Å². The van der Waals surface area contributed by atoms with Crippen molar-refractivity contribution in [3.8, 4) is 0 Å². The second kappa shape index (κ2) is 10.5. The number of hydrogen-bond acceptors (Lipinski definition) is 5. The van der Waals surface area contributed by atoms with Crippen molar-refractivity contribution < 1.29 is 19.9 Å². The van der Waals surface area contributed by atoms with E-state index >= 15 is 0 Å². The summed E-state index contributed by atoms with van der Waals surface area (Å²) in [4.78, 5) is 27.2. The third kappa shape index (κ3) is 6.29. The lowest BCUT2D eigenvalue weighted by Crippen LogP contribution is -2.51. The van der Waals surface area contributed by atoms with Crippen molar-refractivity contribution in [1.82, 2.24) is 14.9 Å². The summed E-state index contributed by atoms with van der Waals surface area (Å²) in [6.07, 6.45) is 3.67. The predicted molar refractivity (Wildman–Crippen MR) is 82.3 cm³/mol. The van der Waals surface area contributed by atoms with Crippen LogP contribution in [0.3, 0.4) is 0 Å². The third-order valence-electron chi connectivity index (χ3n) is 4.10. The van der Waals surface area contributed by atoms with Gasteiger partial charge in [0.05, 0.1) is 12.5 Å². The van der Waals surface area contributed by atoms with Gasteiger partial charge in [-0.1, -0.05) is 19.8 Å². The summed E-state index contributed by atoms with van der Waals surface area (Å²) in [5, 5.41) is 18.8. The highest BCUT2D eigenvalue weighted by molar-refractivity contribution is 5.79. The van der Waals surface area contributed by atoms with Gasteiger partial charge in [0.2, 0.25) is 12.3 Å². The van der Waals surface area contributed by atoms with E-state index in [9.17, 15) is 14.8 Å². The molecule has 22 heavy (non-hydrogen) atoms. The third-order valence-corrected chi connectivity index (χ3v) is 4.10. The molecule has 0 aliphatic carbocycles. The fourth-order valence-corrected chi connectivity index (χ4v) is 2.76. The fourth-order valence-electron chi connectivity index (χ4n) is 2.76. The minimum atomic E-state index is -0.334. The summed E-state index contributed by atoms with van der Waals surface area (Å²) < 4.78 is 0. The van der Waals surface area contributed by atoms with Gasteiger partial charge in [-0.15, -0.1) is 0 Å². The van der Waals surface area contributed by atoms with Crippen LogP contribution < -0.4 is 0 Å². The smallest absolute Gasteiger partial charge is 0.233 e. The SMILES string of the molecule is CCCCC(CN(O)C=O)C(=O)N1CCN(CCCO)CC1. The van der Waals surface area contributed by atoms with Gasteiger partial charge in [-0.05, 0) is 12.8 Å². The normalized spacial score (nSPS) is 17.3. The van der Waals surface area contributed by atoms with Crippen molar-refractivity contribution in [2.45, 2.75) is 32.6 Å². The first-order valence-electron chi connectivity index (χ1n) is 8.15. The Morgan fingerprint density at radius 2 is 1.95 bits per heavy atom. The van der Waals surface area contributed by atoms with E-state index in [1.54, 1.807) is 0 Å². The monoisotopic (exact) mass is 315 g/mol. The van der Waals surface area contributed by atoms with Gasteiger partial charge >= 0.3 is 0 Å². The van der Waals surface area contributed by atoms with E-state index < -0.39 is 0 Å². The summed E-state index contributed by atoms with van der Waals surface area (Å²) in [5.41, 5.74) is 0. The Labute approximate surface area is 132 Å². The Balaban J connectivity index is 2.49. The Bertz CT molecular complexity index is 333. The lowest BCUT2D eigenvalue weighted by Gasteiger charge is -2.36. The number of aliphatic hydroxyl groups excluding tert-OH is 1. The van der Waals surface area contributed by atoms with E-state index in [0.29, 0.717) is 31.0 Å². The molecule has 1 rings (SSSR count). The summed E-state index contributed by atoms with van der Waals surface area (Å²) >= 11 is 0. The second-order valence-corrected chi connectivity index (χ2v) is 5.81. The first kappa shape index (κ1) is 18.9. The molecular formula is C15H29N3O4. The number of rotatable bonds is 10. The van der Waals surface area contributed by atoms with Gasteiger partial charge in [-0.2, -0.15) is 0 Å². The number of carbonyl (C=O) groups excluding carboxylic acids is 2. The van der Waals surface area contributed by atoms with E-state index in [0.717, 1.165) is 38.9 Å². The van der Waals surface area contributed by atoms with Gasteiger partial charge in [0.25, 0.3) is 0 Å². The lowest BCUT2D eigenvalue weighted by atomic mass is 10.00. The molecule has 0 saturated carbocycles. The zero-order valence-corrected chi connectivity index (χ0v) is 13.5. The van der Waals surface area contributed by atoms with E-state index in [2.05, 4.69) is 11.8 Å². The van der Waals surface area contributed by atoms with Crippen molar-refractivity contribution in [2.24, 2.45) is 5.92 Å². The standard InChI is InChI=1S/C15H29N3O4/c1-2-3-5-14(12-18(22)13-20)15(21)17-9-7-16(8-10-17)6-4-11-19/h13-14,19,22H,2-12H2,1H3. The summed E-state index contributed by atoms with van der Waals surface area (Å²) in [7, 11) is 0. The summed E-state index contributed by atoms with van der Waals surface area (Å²) in [6.45, 7) is 6.11. The van der Waals surface area contributed by atoms with Crippen LogP contribution >= 0.6 is 0 Å². The minimum absolute atomic E-state index is 0.0242. The Morgan fingerprint density at radius 3 is 2.50 bits per heavy atom. The molecule has 0 radical (unpaired) electrons. The molecule has 7 heteroatoms. The molecule has 0 aromatic carbocycles. The molecule has 7 nitrogen and oxygen atoms in total. The van der Waals surface area contributed by atoms with Crippen LogP contribution in [0.2, 0.25) is 0 Å². The van der Waals surface area contributed by atoms with Crippen LogP contribution in [0.15, 0.2) is 0 Å². The Kier molecular flexibility index (Phi) is 9.03. The summed E-state index contributed by atoms with van der Waals surface area (Å²) in [6, 6.07) is 0. The highest BCUT2D eigenvalue weighted by Crippen LogP contribution is 2.15. The molecule has 0 spiro atoms. The molecule has 1 heterocycles. The molecule has 1 unspecified atom stereocenters. The molecule has 128 valence electrons. The van der Waals surface area contributed by atoms with Crippen molar-refractivity contribution in [1.29, 1.82) is 0 Å². The van der Waals surface area contributed by atoms with Gasteiger partial charge < -0.3 is 10.0 Å². The average Bonchev–Trinajstić information content (AvgIpc) is 2.56. The number of hydroxylamine groups is 2. The lowest BCUT2D eigenvalue weighted by molar-refractivity contribution is -0.157. The van der Waals surface area contributed by atoms with Crippen molar-refractivity contribution in [3.05, 3.63) is 0 Å².